The highest BCUT2D eigenvalue weighted by atomic mass is 16.6. The zero-order valence-electron chi connectivity index (χ0n) is 17.8. The number of carboxylic acid groups (broad SMARTS) is 1. The van der Waals surface area contributed by atoms with E-state index in [0.29, 0.717) is 11.3 Å². The lowest BCUT2D eigenvalue weighted by Crippen LogP contribution is -2.31. The maximum Gasteiger partial charge on any atom is 0.335 e. The molecular weight excluding hydrogens is 442 g/mol. The molecule has 0 heterocycles. The predicted molar refractivity (Wildman–Crippen MR) is 124 cm³/mol. The van der Waals surface area contributed by atoms with Gasteiger partial charge in [-0.15, -0.1) is 0 Å². The fraction of sp³-hybridized carbons (Fsp3) is 0.0417. The van der Waals surface area contributed by atoms with E-state index in [1.807, 2.05) is 0 Å². The smallest absolute Gasteiger partial charge is 0.335 e. The SMILES string of the molecule is COc1ccccc1C(=O)N/C(=C/c1cccc([N+](=O)[O-])c1)C(=O)Nc1ccc(C(=O)O)cc1. The number of carbonyl (C=O) groups excluding carboxylic acids is 2. The maximum absolute atomic E-state index is 13.0. The van der Waals surface area contributed by atoms with Gasteiger partial charge in [0.15, 0.2) is 0 Å². The first-order chi connectivity index (χ1) is 16.3. The molecule has 3 rings (SSSR count). The van der Waals surface area contributed by atoms with Crippen molar-refractivity contribution in [3.8, 4) is 5.75 Å². The Hall–Kier alpha value is -4.99. The molecule has 10 heteroatoms. The van der Waals surface area contributed by atoms with E-state index in [1.165, 1.54) is 67.8 Å². The van der Waals surface area contributed by atoms with Gasteiger partial charge in [-0.1, -0.05) is 24.3 Å². The average molecular weight is 461 g/mol. The molecule has 3 aromatic carbocycles. The Labute approximate surface area is 193 Å². The first-order valence-corrected chi connectivity index (χ1v) is 9.83. The molecule has 0 atom stereocenters. The van der Waals surface area contributed by atoms with Crippen molar-refractivity contribution in [2.75, 3.05) is 12.4 Å². The van der Waals surface area contributed by atoms with Crippen molar-refractivity contribution in [3.63, 3.8) is 0 Å². The zero-order valence-corrected chi connectivity index (χ0v) is 17.8. The number of carbonyl (C=O) groups is 3. The van der Waals surface area contributed by atoms with Gasteiger partial charge in [-0.05, 0) is 48.0 Å². The number of hydrogen-bond donors (Lipinski definition) is 3. The summed E-state index contributed by atoms with van der Waals surface area (Å²) in [5.74, 6) is -2.18. The number of rotatable bonds is 8. The number of ether oxygens (including phenoxy) is 1. The average Bonchev–Trinajstić information content (AvgIpc) is 2.84. The van der Waals surface area contributed by atoms with Crippen LogP contribution in [0.15, 0.2) is 78.5 Å². The molecule has 34 heavy (non-hydrogen) atoms. The van der Waals surface area contributed by atoms with Gasteiger partial charge in [-0.25, -0.2) is 4.79 Å². The van der Waals surface area contributed by atoms with Crippen LogP contribution in [0.5, 0.6) is 5.75 Å². The molecule has 0 spiro atoms. The number of aromatic carboxylic acids is 1. The Morgan fingerprint density at radius 2 is 1.71 bits per heavy atom. The van der Waals surface area contributed by atoms with E-state index in [0.717, 1.165) is 0 Å². The van der Waals surface area contributed by atoms with Crippen molar-refractivity contribution < 1.29 is 29.2 Å². The molecule has 172 valence electrons. The number of amides is 2. The third-order valence-corrected chi connectivity index (χ3v) is 4.63. The third-order valence-electron chi connectivity index (χ3n) is 4.63. The molecule has 0 aliphatic rings. The van der Waals surface area contributed by atoms with Gasteiger partial charge in [0.1, 0.15) is 11.4 Å². The second kappa shape index (κ2) is 10.6. The van der Waals surface area contributed by atoms with E-state index in [1.54, 1.807) is 18.2 Å². The number of para-hydroxylation sites is 1. The molecule has 10 nitrogen and oxygen atoms in total. The minimum atomic E-state index is -1.12. The Bertz CT molecular complexity index is 1280. The maximum atomic E-state index is 13.0. The zero-order chi connectivity index (χ0) is 24.7. The standard InChI is InChI=1S/C24H19N3O7/c1-34-21-8-3-2-7-19(21)22(28)26-20(14-15-5-4-6-18(13-15)27(32)33)23(29)25-17-11-9-16(10-12-17)24(30)31/h2-14H,1H3,(H,25,29)(H,26,28)(H,30,31)/b20-14+. The van der Waals surface area contributed by atoms with Gasteiger partial charge in [0.05, 0.1) is 23.2 Å². The Balaban J connectivity index is 1.94. The van der Waals surface area contributed by atoms with E-state index < -0.39 is 22.7 Å². The minimum Gasteiger partial charge on any atom is -0.496 e. The van der Waals surface area contributed by atoms with E-state index in [-0.39, 0.29) is 28.2 Å². The van der Waals surface area contributed by atoms with Crippen LogP contribution < -0.4 is 15.4 Å². The lowest BCUT2D eigenvalue weighted by Gasteiger charge is -2.13. The van der Waals surface area contributed by atoms with Crippen LogP contribution in [0.25, 0.3) is 6.08 Å². The van der Waals surface area contributed by atoms with E-state index in [4.69, 9.17) is 9.84 Å². The van der Waals surface area contributed by atoms with Crippen molar-refractivity contribution >= 4 is 35.2 Å². The number of nitro benzene ring substituents is 1. The summed E-state index contributed by atoms with van der Waals surface area (Å²) < 4.78 is 5.19. The van der Waals surface area contributed by atoms with Crippen molar-refractivity contribution in [2.24, 2.45) is 0 Å². The number of nitrogens with one attached hydrogen (secondary N) is 2. The fourth-order valence-electron chi connectivity index (χ4n) is 2.97. The number of nitrogens with zero attached hydrogens (tertiary/aromatic N) is 1. The summed E-state index contributed by atoms with van der Waals surface area (Å²) in [5, 5.41) is 25.2. The highest BCUT2D eigenvalue weighted by molar-refractivity contribution is 6.11. The second-order valence-corrected chi connectivity index (χ2v) is 6.90. The summed E-state index contributed by atoms with van der Waals surface area (Å²) in [6.07, 6.45) is 1.29. The monoisotopic (exact) mass is 461 g/mol. The van der Waals surface area contributed by atoms with Crippen LogP contribution in [0, 0.1) is 10.1 Å². The number of nitro groups is 1. The van der Waals surface area contributed by atoms with Gasteiger partial charge < -0.3 is 20.5 Å². The van der Waals surface area contributed by atoms with Gasteiger partial charge in [0, 0.05) is 17.8 Å². The summed E-state index contributed by atoms with van der Waals surface area (Å²) in [6, 6.07) is 17.4. The first-order valence-electron chi connectivity index (χ1n) is 9.83. The summed E-state index contributed by atoms with van der Waals surface area (Å²) in [5.41, 5.74) is 0.420. The Morgan fingerprint density at radius 3 is 2.35 bits per heavy atom. The predicted octanol–water partition coefficient (Wildman–Crippen LogP) is 3.71. The lowest BCUT2D eigenvalue weighted by atomic mass is 10.1. The molecule has 3 N–H and O–H groups in total. The molecule has 0 aromatic heterocycles. The van der Waals surface area contributed by atoms with Crippen LogP contribution in [0.1, 0.15) is 26.3 Å². The molecule has 0 radical (unpaired) electrons. The summed E-state index contributed by atoms with van der Waals surface area (Å²) in [4.78, 5) is 47.4. The Kier molecular flexibility index (Phi) is 7.34. The molecule has 0 aliphatic carbocycles. The number of benzene rings is 3. The van der Waals surface area contributed by atoms with Crippen molar-refractivity contribution in [2.45, 2.75) is 0 Å². The van der Waals surface area contributed by atoms with Gasteiger partial charge in [0.2, 0.25) is 0 Å². The normalized spacial score (nSPS) is 10.8. The molecule has 0 fully saturated rings. The molecule has 0 unspecified atom stereocenters. The highest BCUT2D eigenvalue weighted by Crippen LogP contribution is 2.20. The number of anilines is 1. The fourth-order valence-corrected chi connectivity index (χ4v) is 2.97. The van der Waals surface area contributed by atoms with Gasteiger partial charge in [-0.3, -0.25) is 19.7 Å². The van der Waals surface area contributed by atoms with Gasteiger partial charge in [0.25, 0.3) is 17.5 Å². The van der Waals surface area contributed by atoms with Crippen LogP contribution in [0.4, 0.5) is 11.4 Å². The number of methoxy groups -OCH3 is 1. The number of carboxylic acids is 1. The van der Waals surface area contributed by atoms with Crippen molar-refractivity contribution in [1.82, 2.24) is 5.32 Å². The molecule has 3 aromatic rings. The van der Waals surface area contributed by atoms with Crippen LogP contribution in [0.3, 0.4) is 0 Å². The molecular formula is C24H19N3O7. The largest absolute Gasteiger partial charge is 0.496 e. The molecule has 0 saturated carbocycles. The first kappa shape index (κ1) is 23.7. The quantitative estimate of drug-likeness (QED) is 0.263. The highest BCUT2D eigenvalue weighted by Gasteiger charge is 2.18. The van der Waals surface area contributed by atoms with E-state index in [2.05, 4.69) is 10.6 Å². The number of non-ortho nitro benzene ring substituents is 1. The lowest BCUT2D eigenvalue weighted by molar-refractivity contribution is -0.384. The summed E-state index contributed by atoms with van der Waals surface area (Å²) in [7, 11) is 1.40. The van der Waals surface area contributed by atoms with Crippen LogP contribution in [-0.4, -0.2) is 34.9 Å². The van der Waals surface area contributed by atoms with Crippen LogP contribution in [-0.2, 0) is 4.79 Å². The summed E-state index contributed by atoms with van der Waals surface area (Å²) >= 11 is 0. The molecule has 0 aliphatic heterocycles. The van der Waals surface area contributed by atoms with Gasteiger partial charge >= 0.3 is 5.97 Å². The molecule has 0 bridgehead atoms. The van der Waals surface area contributed by atoms with Crippen LogP contribution in [0.2, 0.25) is 0 Å². The topological polar surface area (TPSA) is 148 Å². The minimum absolute atomic E-state index is 0.0369. The summed E-state index contributed by atoms with van der Waals surface area (Å²) in [6.45, 7) is 0. The Morgan fingerprint density at radius 1 is 1.00 bits per heavy atom. The second-order valence-electron chi connectivity index (χ2n) is 6.90. The van der Waals surface area contributed by atoms with Crippen LogP contribution >= 0.6 is 0 Å². The molecule has 2 amide bonds. The van der Waals surface area contributed by atoms with Crippen molar-refractivity contribution in [1.29, 1.82) is 0 Å². The number of hydrogen-bond acceptors (Lipinski definition) is 6. The van der Waals surface area contributed by atoms with Crippen molar-refractivity contribution in [3.05, 3.63) is 105 Å². The van der Waals surface area contributed by atoms with E-state index in [9.17, 15) is 24.5 Å². The molecule has 0 saturated heterocycles. The van der Waals surface area contributed by atoms with E-state index >= 15 is 0 Å². The third kappa shape index (κ3) is 5.82. The van der Waals surface area contributed by atoms with Gasteiger partial charge in [-0.2, -0.15) is 0 Å².